The van der Waals surface area contributed by atoms with Gasteiger partial charge in [-0.05, 0) is 38.5 Å². The fourth-order valence-electron chi connectivity index (χ4n) is 3.63. The average Bonchev–Trinajstić information content (AvgIpc) is 2.96. The third-order valence-electron chi connectivity index (χ3n) is 4.72. The summed E-state index contributed by atoms with van der Waals surface area (Å²) in [6, 6.07) is 0. The van der Waals surface area contributed by atoms with Crippen molar-refractivity contribution in [3.05, 3.63) is 30.2 Å². The quantitative estimate of drug-likeness (QED) is 0.860. The molecule has 0 amide bonds. The molecule has 1 aromatic rings. The molecule has 1 unspecified atom stereocenters. The normalized spacial score (nSPS) is 24.7. The SMILES string of the molecule is C=CCC1(C(=O)O)CCCN(c2ncnc3c2CCC3)C1. The van der Waals surface area contributed by atoms with Gasteiger partial charge in [0.05, 0.1) is 5.41 Å². The van der Waals surface area contributed by atoms with Gasteiger partial charge in [-0.3, -0.25) is 4.79 Å². The van der Waals surface area contributed by atoms with Gasteiger partial charge in [0.25, 0.3) is 0 Å². The van der Waals surface area contributed by atoms with E-state index in [0.29, 0.717) is 19.4 Å². The number of hydrogen-bond donors (Lipinski definition) is 1. The summed E-state index contributed by atoms with van der Waals surface area (Å²) >= 11 is 0. The van der Waals surface area contributed by atoms with Crippen molar-refractivity contribution in [3.8, 4) is 0 Å². The van der Waals surface area contributed by atoms with E-state index < -0.39 is 11.4 Å². The van der Waals surface area contributed by atoms with E-state index in [1.54, 1.807) is 12.4 Å². The molecule has 2 aliphatic rings. The molecule has 1 atom stereocenters. The Balaban J connectivity index is 1.91. The minimum atomic E-state index is -0.726. The van der Waals surface area contributed by atoms with Crippen molar-refractivity contribution in [2.75, 3.05) is 18.0 Å². The Kier molecular flexibility index (Phi) is 3.66. The summed E-state index contributed by atoms with van der Waals surface area (Å²) in [5.41, 5.74) is 1.63. The second-order valence-electron chi connectivity index (χ2n) is 6.08. The molecular weight excluding hydrogens is 266 g/mol. The summed E-state index contributed by atoms with van der Waals surface area (Å²) in [7, 11) is 0. The first kappa shape index (κ1) is 14.0. The maximum absolute atomic E-state index is 11.8. The number of anilines is 1. The van der Waals surface area contributed by atoms with Crippen LogP contribution in [0.4, 0.5) is 5.82 Å². The Morgan fingerprint density at radius 2 is 2.29 bits per heavy atom. The van der Waals surface area contributed by atoms with Crippen molar-refractivity contribution in [1.29, 1.82) is 0 Å². The lowest BCUT2D eigenvalue weighted by Crippen LogP contribution is -2.48. The fourth-order valence-corrected chi connectivity index (χ4v) is 3.63. The summed E-state index contributed by atoms with van der Waals surface area (Å²) in [5, 5.41) is 9.67. The maximum Gasteiger partial charge on any atom is 0.311 e. The highest BCUT2D eigenvalue weighted by molar-refractivity contribution is 5.76. The van der Waals surface area contributed by atoms with Gasteiger partial charge in [0.2, 0.25) is 0 Å². The number of fused-ring (bicyclic) bond motifs is 1. The Morgan fingerprint density at radius 1 is 1.43 bits per heavy atom. The van der Waals surface area contributed by atoms with Crippen molar-refractivity contribution >= 4 is 11.8 Å². The van der Waals surface area contributed by atoms with Gasteiger partial charge in [-0.15, -0.1) is 6.58 Å². The van der Waals surface area contributed by atoms with E-state index in [1.807, 2.05) is 0 Å². The van der Waals surface area contributed by atoms with Crippen molar-refractivity contribution in [1.82, 2.24) is 9.97 Å². The Hall–Kier alpha value is -1.91. The van der Waals surface area contributed by atoms with Crippen LogP contribution in [0.3, 0.4) is 0 Å². The van der Waals surface area contributed by atoms with Gasteiger partial charge >= 0.3 is 5.97 Å². The van der Waals surface area contributed by atoms with Crippen LogP contribution in [0, 0.1) is 5.41 Å². The molecule has 2 heterocycles. The summed E-state index contributed by atoms with van der Waals surface area (Å²) in [5.74, 6) is 0.227. The standard InChI is InChI=1S/C16H21N3O2/c1-2-7-16(15(20)21)8-4-9-19(10-16)14-12-5-3-6-13(12)17-11-18-14/h2,11H,1,3-10H2,(H,20,21). The molecule has 1 fully saturated rings. The first-order valence-electron chi connectivity index (χ1n) is 7.58. The molecule has 0 aromatic carbocycles. The van der Waals surface area contributed by atoms with Crippen LogP contribution in [0.2, 0.25) is 0 Å². The van der Waals surface area contributed by atoms with Gasteiger partial charge < -0.3 is 10.0 Å². The minimum absolute atomic E-state index is 0.506. The number of nitrogens with zero attached hydrogens (tertiary/aromatic N) is 3. The number of hydrogen-bond acceptors (Lipinski definition) is 4. The van der Waals surface area contributed by atoms with Gasteiger partial charge in [-0.2, -0.15) is 0 Å². The summed E-state index contributed by atoms with van der Waals surface area (Å²) in [6.07, 6.45) is 8.56. The highest BCUT2D eigenvalue weighted by Gasteiger charge is 2.42. The number of rotatable bonds is 4. The van der Waals surface area contributed by atoms with Crippen LogP contribution in [0.15, 0.2) is 19.0 Å². The molecular formula is C16H21N3O2. The molecule has 5 nitrogen and oxygen atoms in total. The predicted octanol–water partition coefficient (Wildman–Crippen LogP) is 2.21. The van der Waals surface area contributed by atoms with Crippen molar-refractivity contribution < 1.29 is 9.90 Å². The molecule has 0 bridgehead atoms. The second kappa shape index (κ2) is 5.47. The topological polar surface area (TPSA) is 66.3 Å². The average molecular weight is 287 g/mol. The number of carboxylic acids is 1. The van der Waals surface area contributed by atoms with Crippen molar-refractivity contribution in [2.45, 2.75) is 38.5 Å². The molecule has 1 aliphatic heterocycles. The van der Waals surface area contributed by atoms with Gasteiger partial charge in [-0.1, -0.05) is 6.08 Å². The molecule has 112 valence electrons. The van der Waals surface area contributed by atoms with E-state index in [2.05, 4.69) is 21.4 Å². The molecule has 1 aliphatic carbocycles. The highest BCUT2D eigenvalue weighted by Crippen LogP contribution is 2.38. The summed E-state index contributed by atoms with van der Waals surface area (Å²) < 4.78 is 0. The smallest absolute Gasteiger partial charge is 0.311 e. The molecule has 21 heavy (non-hydrogen) atoms. The summed E-state index contributed by atoms with van der Waals surface area (Å²) in [6.45, 7) is 5.11. The molecule has 3 rings (SSSR count). The highest BCUT2D eigenvalue weighted by atomic mass is 16.4. The monoisotopic (exact) mass is 287 g/mol. The molecule has 0 saturated carbocycles. The van der Waals surface area contributed by atoms with Crippen molar-refractivity contribution in [2.24, 2.45) is 5.41 Å². The first-order chi connectivity index (χ1) is 10.2. The van der Waals surface area contributed by atoms with E-state index in [1.165, 1.54) is 5.56 Å². The largest absolute Gasteiger partial charge is 0.481 e. The number of aromatic nitrogens is 2. The van der Waals surface area contributed by atoms with Crippen LogP contribution < -0.4 is 4.90 Å². The molecule has 0 spiro atoms. The Bertz CT molecular complexity index is 573. The van der Waals surface area contributed by atoms with Gasteiger partial charge in [0.15, 0.2) is 0 Å². The number of allylic oxidation sites excluding steroid dienone is 1. The van der Waals surface area contributed by atoms with Gasteiger partial charge in [0.1, 0.15) is 12.1 Å². The predicted molar refractivity (Wildman–Crippen MR) is 80.4 cm³/mol. The van der Waals surface area contributed by atoms with Crippen LogP contribution in [0.5, 0.6) is 0 Å². The van der Waals surface area contributed by atoms with E-state index in [4.69, 9.17) is 0 Å². The number of aliphatic carboxylic acids is 1. The third kappa shape index (κ3) is 2.41. The molecule has 1 N–H and O–H groups in total. The molecule has 0 radical (unpaired) electrons. The van der Waals surface area contributed by atoms with Crippen LogP contribution in [-0.4, -0.2) is 34.1 Å². The number of carboxylic acid groups (broad SMARTS) is 1. The number of piperidine rings is 1. The van der Waals surface area contributed by atoms with E-state index in [0.717, 1.165) is 43.7 Å². The van der Waals surface area contributed by atoms with Crippen LogP contribution in [-0.2, 0) is 17.6 Å². The van der Waals surface area contributed by atoms with Crippen LogP contribution in [0.25, 0.3) is 0 Å². The van der Waals surface area contributed by atoms with Crippen LogP contribution in [0.1, 0.15) is 36.9 Å². The Morgan fingerprint density at radius 3 is 3.05 bits per heavy atom. The van der Waals surface area contributed by atoms with E-state index in [-0.39, 0.29) is 0 Å². The first-order valence-corrected chi connectivity index (χ1v) is 7.58. The van der Waals surface area contributed by atoms with E-state index >= 15 is 0 Å². The third-order valence-corrected chi connectivity index (χ3v) is 4.72. The lowest BCUT2D eigenvalue weighted by molar-refractivity contribution is -0.149. The van der Waals surface area contributed by atoms with Gasteiger partial charge in [0, 0.05) is 24.3 Å². The van der Waals surface area contributed by atoms with Crippen molar-refractivity contribution in [3.63, 3.8) is 0 Å². The lowest BCUT2D eigenvalue weighted by atomic mass is 9.77. The minimum Gasteiger partial charge on any atom is -0.481 e. The zero-order valence-electron chi connectivity index (χ0n) is 12.2. The molecule has 1 saturated heterocycles. The Labute approximate surface area is 124 Å². The summed E-state index contributed by atoms with van der Waals surface area (Å²) in [4.78, 5) is 22.7. The number of carbonyl (C=O) groups is 1. The van der Waals surface area contributed by atoms with E-state index in [9.17, 15) is 9.90 Å². The molecule has 1 aromatic heterocycles. The fraction of sp³-hybridized carbons (Fsp3) is 0.562. The zero-order chi connectivity index (χ0) is 14.9. The number of aryl methyl sites for hydroxylation is 1. The maximum atomic E-state index is 11.8. The molecule has 5 heteroatoms. The lowest BCUT2D eigenvalue weighted by Gasteiger charge is -2.40. The van der Waals surface area contributed by atoms with Crippen LogP contribution >= 0.6 is 0 Å². The second-order valence-corrected chi connectivity index (χ2v) is 6.08. The van der Waals surface area contributed by atoms with Gasteiger partial charge in [-0.25, -0.2) is 9.97 Å². The zero-order valence-corrected chi connectivity index (χ0v) is 12.2.